The second-order valence-electron chi connectivity index (χ2n) is 4.04. The first-order valence-corrected chi connectivity index (χ1v) is 6.41. The van der Waals surface area contributed by atoms with E-state index in [1.807, 2.05) is 12.1 Å². The molecule has 0 aliphatic carbocycles. The summed E-state index contributed by atoms with van der Waals surface area (Å²) in [7, 11) is 0. The minimum absolute atomic E-state index is 0.211. The highest BCUT2D eigenvalue weighted by atomic mass is 35.5. The zero-order chi connectivity index (χ0) is 13.0. The van der Waals surface area contributed by atoms with Crippen LogP contribution in [0.4, 0.5) is 4.39 Å². The Hall–Kier alpha value is -1.09. The van der Waals surface area contributed by atoms with Gasteiger partial charge in [0.05, 0.1) is 10.0 Å². The predicted molar refractivity (Wildman–Crippen MR) is 72.2 cm³/mol. The fraction of sp³-hybridized carbons (Fsp3) is 0.143. The van der Waals surface area contributed by atoms with Crippen molar-refractivity contribution in [3.63, 3.8) is 0 Å². The van der Waals surface area contributed by atoms with Crippen LogP contribution >= 0.6 is 23.2 Å². The van der Waals surface area contributed by atoms with E-state index in [-0.39, 0.29) is 5.82 Å². The van der Waals surface area contributed by atoms with Gasteiger partial charge in [0.1, 0.15) is 18.9 Å². The lowest BCUT2D eigenvalue weighted by Crippen LogP contribution is -2.80. The lowest BCUT2D eigenvalue weighted by molar-refractivity contribution is -0.686. The van der Waals surface area contributed by atoms with Gasteiger partial charge in [-0.05, 0) is 18.2 Å². The summed E-state index contributed by atoms with van der Waals surface area (Å²) in [4.78, 5) is 0. The van der Waals surface area contributed by atoms with Gasteiger partial charge in [-0.25, -0.2) is 4.39 Å². The standard InChI is InChI=1S/C14H12Cl2FN/c15-13-3-1-2-11(14(13)16)9-18-8-10-4-6-12(17)7-5-10/h1-7,18H,8-9H2/p+1. The number of halogens is 3. The van der Waals surface area contributed by atoms with Gasteiger partial charge in [0.25, 0.3) is 0 Å². The Balaban J connectivity index is 1.92. The first-order valence-electron chi connectivity index (χ1n) is 5.66. The Kier molecular flexibility index (Phi) is 4.59. The van der Waals surface area contributed by atoms with E-state index >= 15 is 0 Å². The van der Waals surface area contributed by atoms with Crippen molar-refractivity contribution in [1.82, 2.24) is 0 Å². The summed E-state index contributed by atoms with van der Waals surface area (Å²) < 4.78 is 12.7. The Labute approximate surface area is 116 Å². The molecule has 0 saturated heterocycles. The summed E-state index contributed by atoms with van der Waals surface area (Å²) >= 11 is 12.0. The van der Waals surface area contributed by atoms with Crippen molar-refractivity contribution in [2.75, 3.05) is 0 Å². The van der Waals surface area contributed by atoms with Crippen LogP contribution in [0.1, 0.15) is 11.1 Å². The van der Waals surface area contributed by atoms with Crippen LogP contribution in [0.15, 0.2) is 42.5 Å². The summed E-state index contributed by atoms with van der Waals surface area (Å²) in [5.41, 5.74) is 2.08. The smallest absolute Gasteiger partial charge is 0.123 e. The van der Waals surface area contributed by atoms with E-state index in [0.717, 1.165) is 24.2 Å². The second kappa shape index (κ2) is 6.19. The van der Waals surface area contributed by atoms with E-state index < -0.39 is 0 Å². The van der Waals surface area contributed by atoms with Crippen LogP contribution in [0, 0.1) is 5.82 Å². The molecule has 0 amide bonds. The Morgan fingerprint density at radius 1 is 0.944 bits per heavy atom. The topological polar surface area (TPSA) is 16.6 Å². The molecule has 0 bridgehead atoms. The molecular weight excluding hydrogens is 272 g/mol. The molecule has 0 spiro atoms. The monoisotopic (exact) mass is 284 g/mol. The number of hydrogen-bond acceptors (Lipinski definition) is 0. The number of rotatable bonds is 4. The highest BCUT2D eigenvalue weighted by Gasteiger charge is 2.05. The van der Waals surface area contributed by atoms with Crippen LogP contribution in [0.25, 0.3) is 0 Å². The third-order valence-electron chi connectivity index (χ3n) is 2.69. The Bertz CT molecular complexity index is 526. The zero-order valence-electron chi connectivity index (χ0n) is 9.67. The molecule has 0 aliphatic heterocycles. The van der Waals surface area contributed by atoms with E-state index in [2.05, 4.69) is 5.32 Å². The van der Waals surface area contributed by atoms with E-state index in [1.165, 1.54) is 12.1 Å². The number of quaternary nitrogens is 1. The van der Waals surface area contributed by atoms with Gasteiger partial charge in [0.15, 0.2) is 0 Å². The molecule has 2 aromatic carbocycles. The van der Waals surface area contributed by atoms with E-state index in [4.69, 9.17) is 23.2 Å². The summed E-state index contributed by atoms with van der Waals surface area (Å²) in [5.74, 6) is -0.211. The normalized spacial score (nSPS) is 10.6. The second-order valence-corrected chi connectivity index (χ2v) is 4.82. The van der Waals surface area contributed by atoms with Gasteiger partial charge < -0.3 is 5.32 Å². The molecule has 0 heterocycles. The SMILES string of the molecule is Fc1ccc(C[NH2+]Cc2cccc(Cl)c2Cl)cc1. The van der Waals surface area contributed by atoms with Gasteiger partial charge in [-0.2, -0.15) is 0 Å². The van der Waals surface area contributed by atoms with Crippen LogP contribution in [-0.2, 0) is 13.1 Å². The Morgan fingerprint density at radius 3 is 2.39 bits per heavy atom. The third-order valence-corrected chi connectivity index (χ3v) is 3.55. The van der Waals surface area contributed by atoms with Gasteiger partial charge >= 0.3 is 0 Å². The summed E-state index contributed by atoms with van der Waals surface area (Å²) in [5, 5.41) is 3.28. The first-order chi connectivity index (χ1) is 8.66. The van der Waals surface area contributed by atoms with Crippen molar-refractivity contribution in [2.45, 2.75) is 13.1 Å². The van der Waals surface area contributed by atoms with Crippen molar-refractivity contribution >= 4 is 23.2 Å². The number of hydrogen-bond donors (Lipinski definition) is 1. The summed E-state index contributed by atoms with van der Waals surface area (Å²) in [6.07, 6.45) is 0. The molecule has 0 aromatic heterocycles. The highest BCUT2D eigenvalue weighted by molar-refractivity contribution is 6.42. The fourth-order valence-corrected chi connectivity index (χ4v) is 2.12. The Morgan fingerprint density at radius 2 is 1.67 bits per heavy atom. The van der Waals surface area contributed by atoms with Gasteiger partial charge in [0, 0.05) is 11.1 Å². The maximum Gasteiger partial charge on any atom is 0.123 e. The van der Waals surface area contributed by atoms with Gasteiger partial charge in [-0.15, -0.1) is 0 Å². The molecule has 2 aromatic rings. The minimum Gasteiger partial charge on any atom is -0.339 e. The average molecular weight is 285 g/mol. The van der Waals surface area contributed by atoms with Crippen molar-refractivity contribution in [3.8, 4) is 0 Å². The van der Waals surface area contributed by atoms with Crippen LogP contribution in [0.2, 0.25) is 10.0 Å². The van der Waals surface area contributed by atoms with E-state index in [0.29, 0.717) is 10.0 Å². The molecular formula is C14H13Cl2FN+. The fourth-order valence-electron chi connectivity index (χ4n) is 1.72. The summed E-state index contributed by atoms with van der Waals surface area (Å²) in [6, 6.07) is 12.1. The van der Waals surface area contributed by atoms with Crippen molar-refractivity contribution in [2.24, 2.45) is 0 Å². The average Bonchev–Trinajstić information content (AvgIpc) is 2.37. The zero-order valence-corrected chi connectivity index (χ0v) is 11.2. The number of benzene rings is 2. The quantitative estimate of drug-likeness (QED) is 0.886. The predicted octanol–water partition coefficient (Wildman–Crippen LogP) is 3.40. The maximum absolute atomic E-state index is 12.7. The summed E-state index contributed by atoms with van der Waals surface area (Å²) in [6.45, 7) is 1.53. The van der Waals surface area contributed by atoms with Crippen molar-refractivity contribution in [3.05, 3.63) is 69.5 Å². The highest BCUT2D eigenvalue weighted by Crippen LogP contribution is 2.24. The van der Waals surface area contributed by atoms with Crippen LogP contribution < -0.4 is 5.32 Å². The minimum atomic E-state index is -0.211. The van der Waals surface area contributed by atoms with Crippen LogP contribution in [0.5, 0.6) is 0 Å². The maximum atomic E-state index is 12.7. The molecule has 2 rings (SSSR count). The molecule has 0 saturated carbocycles. The van der Waals surface area contributed by atoms with Gasteiger partial charge in [0.2, 0.25) is 0 Å². The van der Waals surface area contributed by atoms with Crippen molar-refractivity contribution < 1.29 is 9.71 Å². The molecule has 0 fully saturated rings. The van der Waals surface area contributed by atoms with Crippen LogP contribution in [0.3, 0.4) is 0 Å². The molecule has 0 atom stereocenters. The third kappa shape index (κ3) is 3.45. The molecule has 18 heavy (non-hydrogen) atoms. The molecule has 1 nitrogen and oxygen atoms in total. The van der Waals surface area contributed by atoms with Crippen LogP contribution in [-0.4, -0.2) is 0 Å². The molecule has 4 heteroatoms. The van der Waals surface area contributed by atoms with Gasteiger partial charge in [-0.1, -0.05) is 47.5 Å². The lowest BCUT2D eigenvalue weighted by atomic mass is 10.2. The molecule has 0 unspecified atom stereocenters. The number of nitrogens with two attached hydrogens (primary N) is 1. The van der Waals surface area contributed by atoms with E-state index in [9.17, 15) is 4.39 Å². The lowest BCUT2D eigenvalue weighted by Gasteiger charge is -2.05. The largest absolute Gasteiger partial charge is 0.339 e. The van der Waals surface area contributed by atoms with Crippen molar-refractivity contribution in [1.29, 1.82) is 0 Å². The molecule has 94 valence electrons. The molecule has 2 N–H and O–H groups in total. The van der Waals surface area contributed by atoms with Gasteiger partial charge in [-0.3, -0.25) is 0 Å². The van der Waals surface area contributed by atoms with E-state index in [1.54, 1.807) is 18.2 Å². The molecule has 0 radical (unpaired) electrons. The molecule has 0 aliphatic rings. The first kappa shape index (κ1) is 13.3.